The minimum Gasteiger partial charge on any atom is -0.493 e. The number of hydrogen-bond donors (Lipinski definition) is 1. The summed E-state index contributed by atoms with van der Waals surface area (Å²) in [6.07, 6.45) is 0. The second-order valence-corrected chi connectivity index (χ2v) is 8.39. The van der Waals surface area contributed by atoms with E-state index in [1.165, 1.54) is 0 Å². The number of hydrogen-bond acceptors (Lipinski definition) is 10. The molecule has 0 amide bonds. The lowest BCUT2D eigenvalue weighted by Crippen LogP contribution is -2.36. The zero-order valence-electron chi connectivity index (χ0n) is 20.9. The van der Waals surface area contributed by atoms with Crippen LogP contribution in [-0.2, 0) is 4.74 Å². The normalized spacial score (nSPS) is 12.9. The van der Waals surface area contributed by atoms with E-state index < -0.39 is 0 Å². The van der Waals surface area contributed by atoms with Crippen LogP contribution in [0.5, 0.6) is 23.1 Å². The molecule has 1 saturated heterocycles. The van der Waals surface area contributed by atoms with Gasteiger partial charge in [-0.05, 0) is 53.9 Å². The smallest absolute Gasteiger partial charge is 0.232 e. The number of fused-ring (bicyclic) bond motifs is 1. The van der Waals surface area contributed by atoms with E-state index in [1.807, 2.05) is 6.07 Å². The second kappa shape index (κ2) is 10.9. The van der Waals surface area contributed by atoms with Crippen LogP contribution in [0, 0.1) is 22.7 Å². The van der Waals surface area contributed by atoms with Crippen molar-refractivity contribution in [1.82, 2.24) is 9.97 Å². The standard InChI is InChI=1S/C28H24N6O4/c1-35-23-14-20-13-19(17-30)5-8-22(20)26(36-2)27(23)38-25-15-24(34-9-11-37-12-10-34)32-28(33-25)31-21-6-3-18(16-29)4-7-21/h3-8,13-15H,9-12H2,1-2H3,(H,31,32,33). The van der Waals surface area contributed by atoms with Gasteiger partial charge in [0.05, 0.1) is 50.7 Å². The summed E-state index contributed by atoms with van der Waals surface area (Å²) in [6.45, 7) is 2.54. The lowest BCUT2D eigenvalue weighted by atomic mass is 10.1. The second-order valence-electron chi connectivity index (χ2n) is 8.39. The first-order chi connectivity index (χ1) is 18.6. The molecule has 190 valence electrons. The number of morpholine rings is 1. The molecule has 1 aromatic heterocycles. The van der Waals surface area contributed by atoms with Gasteiger partial charge in [0.25, 0.3) is 0 Å². The SMILES string of the molecule is COc1cc2cc(C#N)ccc2c(OC)c1Oc1cc(N2CCOCC2)nc(Nc2ccc(C#N)cc2)n1. The number of benzene rings is 3. The van der Waals surface area contributed by atoms with Crippen molar-refractivity contribution >= 4 is 28.2 Å². The molecule has 0 bridgehead atoms. The summed E-state index contributed by atoms with van der Waals surface area (Å²) >= 11 is 0. The van der Waals surface area contributed by atoms with Gasteiger partial charge in [0.2, 0.25) is 17.6 Å². The molecule has 0 saturated carbocycles. The molecule has 1 aliphatic rings. The number of rotatable bonds is 7. The molecule has 1 fully saturated rings. The van der Waals surface area contributed by atoms with Crippen LogP contribution in [0.2, 0.25) is 0 Å². The van der Waals surface area contributed by atoms with Crippen molar-refractivity contribution in [2.24, 2.45) is 0 Å². The predicted octanol–water partition coefficient (Wildman–Crippen LogP) is 4.76. The quantitative estimate of drug-likeness (QED) is 0.373. The first kappa shape index (κ1) is 24.6. The Labute approximate surface area is 219 Å². The van der Waals surface area contributed by atoms with Crippen LogP contribution in [0.3, 0.4) is 0 Å². The Morgan fingerprint density at radius 3 is 2.29 bits per heavy atom. The Kier molecular flexibility index (Phi) is 7.07. The Morgan fingerprint density at radius 1 is 0.868 bits per heavy atom. The molecule has 2 heterocycles. The summed E-state index contributed by atoms with van der Waals surface area (Å²) in [5.41, 5.74) is 1.81. The van der Waals surface area contributed by atoms with Crippen molar-refractivity contribution in [3.63, 3.8) is 0 Å². The van der Waals surface area contributed by atoms with Gasteiger partial charge in [0.1, 0.15) is 5.82 Å². The van der Waals surface area contributed by atoms with E-state index in [-0.39, 0.29) is 5.88 Å². The van der Waals surface area contributed by atoms with E-state index in [0.29, 0.717) is 66.4 Å². The highest BCUT2D eigenvalue weighted by atomic mass is 16.5. The molecule has 0 unspecified atom stereocenters. The van der Waals surface area contributed by atoms with Crippen LogP contribution >= 0.6 is 0 Å². The maximum absolute atomic E-state index is 9.31. The lowest BCUT2D eigenvalue weighted by Gasteiger charge is -2.28. The molecule has 0 radical (unpaired) electrons. The number of nitrogens with one attached hydrogen (secondary N) is 1. The molecule has 38 heavy (non-hydrogen) atoms. The highest BCUT2D eigenvalue weighted by molar-refractivity contribution is 5.94. The number of nitrogens with zero attached hydrogens (tertiary/aromatic N) is 5. The number of aromatic nitrogens is 2. The number of methoxy groups -OCH3 is 2. The van der Waals surface area contributed by atoms with E-state index in [4.69, 9.17) is 29.2 Å². The Hall–Kier alpha value is -5.06. The lowest BCUT2D eigenvalue weighted by molar-refractivity contribution is 0.122. The van der Waals surface area contributed by atoms with Gasteiger partial charge in [0.15, 0.2) is 11.5 Å². The third kappa shape index (κ3) is 5.07. The van der Waals surface area contributed by atoms with Gasteiger partial charge in [-0.15, -0.1) is 0 Å². The minimum atomic E-state index is 0.280. The van der Waals surface area contributed by atoms with Crippen LogP contribution in [0.15, 0.2) is 54.6 Å². The Balaban J connectivity index is 1.57. The summed E-state index contributed by atoms with van der Waals surface area (Å²) in [7, 11) is 3.09. The van der Waals surface area contributed by atoms with Crippen molar-refractivity contribution in [3.8, 4) is 35.3 Å². The highest BCUT2D eigenvalue weighted by Crippen LogP contribution is 2.46. The largest absolute Gasteiger partial charge is 0.493 e. The molecule has 0 spiro atoms. The van der Waals surface area contributed by atoms with Gasteiger partial charge in [-0.2, -0.15) is 20.5 Å². The zero-order chi connectivity index (χ0) is 26.5. The topological polar surface area (TPSA) is 126 Å². The number of anilines is 3. The first-order valence-electron chi connectivity index (χ1n) is 11.9. The molecule has 3 aromatic carbocycles. The molecule has 1 aliphatic heterocycles. The summed E-state index contributed by atoms with van der Waals surface area (Å²) in [4.78, 5) is 11.4. The fourth-order valence-corrected chi connectivity index (χ4v) is 4.19. The molecule has 5 rings (SSSR count). The summed E-state index contributed by atoms with van der Waals surface area (Å²) in [6, 6.07) is 20.1. The summed E-state index contributed by atoms with van der Waals surface area (Å²) < 4.78 is 23.2. The van der Waals surface area contributed by atoms with Crippen LogP contribution in [-0.4, -0.2) is 50.5 Å². The van der Waals surface area contributed by atoms with Gasteiger partial charge in [0, 0.05) is 30.2 Å². The monoisotopic (exact) mass is 508 g/mol. The van der Waals surface area contributed by atoms with Crippen LogP contribution in [0.25, 0.3) is 10.8 Å². The highest BCUT2D eigenvalue weighted by Gasteiger charge is 2.21. The van der Waals surface area contributed by atoms with Crippen molar-refractivity contribution in [1.29, 1.82) is 10.5 Å². The van der Waals surface area contributed by atoms with Gasteiger partial charge in [-0.3, -0.25) is 0 Å². The number of nitriles is 2. The molecule has 4 aromatic rings. The molecule has 1 N–H and O–H groups in total. The van der Waals surface area contributed by atoms with E-state index in [2.05, 4.69) is 27.3 Å². The van der Waals surface area contributed by atoms with E-state index in [9.17, 15) is 5.26 Å². The van der Waals surface area contributed by atoms with E-state index in [0.717, 1.165) is 16.5 Å². The fourth-order valence-electron chi connectivity index (χ4n) is 4.19. The average Bonchev–Trinajstić information content (AvgIpc) is 2.97. The van der Waals surface area contributed by atoms with Crippen LogP contribution in [0.4, 0.5) is 17.5 Å². The maximum Gasteiger partial charge on any atom is 0.232 e. The zero-order valence-corrected chi connectivity index (χ0v) is 20.9. The maximum atomic E-state index is 9.31. The number of ether oxygens (including phenoxy) is 4. The van der Waals surface area contributed by atoms with E-state index in [1.54, 1.807) is 62.8 Å². The molecule has 10 heteroatoms. The van der Waals surface area contributed by atoms with Gasteiger partial charge >= 0.3 is 0 Å². The summed E-state index contributed by atoms with van der Waals surface area (Å²) in [5, 5.41) is 23.1. The predicted molar refractivity (Wildman–Crippen MR) is 141 cm³/mol. The molecule has 10 nitrogen and oxygen atoms in total. The van der Waals surface area contributed by atoms with Gasteiger partial charge in [-0.1, -0.05) is 0 Å². The van der Waals surface area contributed by atoms with Crippen molar-refractivity contribution < 1.29 is 18.9 Å². The minimum absolute atomic E-state index is 0.280. The molecular formula is C28H24N6O4. The Bertz CT molecular complexity index is 1550. The van der Waals surface area contributed by atoms with Crippen LogP contribution in [0.1, 0.15) is 11.1 Å². The van der Waals surface area contributed by atoms with Crippen molar-refractivity contribution in [2.75, 3.05) is 50.7 Å². The first-order valence-corrected chi connectivity index (χ1v) is 11.9. The third-order valence-electron chi connectivity index (χ3n) is 6.07. The van der Waals surface area contributed by atoms with Gasteiger partial charge < -0.3 is 29.2 Å². The van der Waals surface area contributed by atoms with Crippen molar-refractivity contribution in [2.45, 2.75) is 0 Å². The van der Waals surface area contributed by atoms with E-state index >= 15 is 0 Å². The van der Waals surface area contributed by atoms with Crippen molar-refractivity contribution in [3.05, 3.63) is 65.7 Å². The van der Waals surface area contributed by atoms with Crippen LogP contribution < -0.4 is 24.4 Å². The summed E-state index contributed by atoms with van der Waals surface area (Å²) in [5.74, 6) is 2.51. The third-order valence-corrected chi connectivity index (χ3v) is 6.07. The molecule has 0 atom stereocenters. The van der Waals surface area contributed by atoms with Gasteiger partial charge in [-0.25, -0.2) is 0 Å². The fraction of sp³-hybridized carbons (Fsp3) is 0.214. The molecule has 0 aliphatic carbocycles. The Morgan fingerprint density at radius 2 is 1.61 bits per heavy atom. The average molecular weight is 509 g/mol. The molecular weight excluding hydrogens is 484 g/mol.